The minimum Gasteiger partial charge on any atom is -0.476 e. The van der Waals surface area contributed by atoms with Crippen molar-refractivity contribution in [2.75, 3.05) is 44.2 Å². The fourth-order valence-electron chi connectivity index (χ4n) is 3.03. The molecule has 4 rings (SSSR count). The van der Waals surface area contributed by atoms with Gasteiger partial charge in [-0.25, -0.2) is 0 Å². The number of amides is 1. The summed E-state index contributed by atoms with van der Waals surface area (Å²) in [6.07, 6.45) is 0. The average Bonchev–Trinajstić information content (AvgIpc) is 3.06. The van der Waals surface area contributed by atoms with Gasteiger partial charge in [-0.3, -0.25) is 4.79 Å². The van der Waals surface area contributed by atoms with Gasteiger partial charge in [0.15, 0.2) is 0 Å². The second-order valence-electron chi connectivity index (χ2n) is 5.92. The van der Waals surface area contributed by atoms with E-state index < -0.39 is 0 Å². The summed E-state index contributed by atoms with van der Waals surface area (Å²) in [5.41, 5.74) is 1.10. The van der Waals surface area contributed by atoms with E-state index in [1.807, 2.05) is 28.5 Å². The third-order valence-corrected chi connectivity index (χ3v) is 5.24. The molecule has 2 aromatic heterocycles. The van der Waals surface area contributed by atoms with Crippen molar-refractivity contribution in [2.45, 2.75) is 6.54 Å². The van der Waals surface area contributed by atoms with Crippen molar-refractivity contribution in [3.63, 3.8) is 0 Å². The van der Waals surface area contributed by atoms with Gasteiger partial charge >= 0.3 is 0 Å². The fraction of sp³-hybridized carbons (Fsp3) is 0.412. The summed E-state index contributed by atoms with van der Waals surface area (Å²) >= 11 is 1.50. The van der Waals surface area contributed by atoms with E-state index in [2.05, 4.69) is 21.3 Å². The second kappa shape index (κ2) is 6.78. The number of nitrogens with zero attached hydrogens (tertiary/aromatic N) is 3. The minimum absolute atomic E-state index is 0.133. The van der Waals surface area contributed by atoms with Crippen LogP contribution in [0, 0.1) is 0 Å². The number of fused-ring (bicyclic) bond motifs is 1. The highest BCUT2D eigenvalue weighted by atomic mass is 32.1. The Labute approximate surface area is 145 Å². The van der Waals surface area contributed by atoms with Crippen molar-refractivity contribution in [3.8, 4) is 5.88 Å². The Kier molecular flexibility index (Phi) is 4.36. The molecule has 0 saturated carbocycles. The minimum atomic E-state index is 0.133. The lowest BCUT2D eigenvalue weighted by Crippen LogP contribution is -2.48. The summed E-state index contributed by atoms with van der Waals surface area (Å²) in [7, 11) is 0. The molecule has 1 amide bonds. The van der Waals surface area contributed by atoms with E-state index in [1.54, 1.807) is 0 Å². The van der Waals surface area contributed by atoms with Crippen LogP contribution >= 0.6 is 11.3 Å². The molecule has 4 heterocycles. The molecule has 0 aromatic carbocycles. The highest BCUT2D eigenvalue weighted by Crippen LogP contribution is 2.24. The van der Waals surface area contributed by atoms with Crippen LogP contribution in [0.3, 0.4) is 0 Å². The van der Waals surface area contributed by atoms with Crippen molar-refractivity contribution in [1.29, 1.82) is 0 Å². The molecule has 0 radical (unpaired) electrons. The van der Waals surface area contributed by atoms with Crippen LogP contribution in [0.25, 0.3) is 0 Å². The van der Waals surface area contributed by atoms with E-state index in [1.165, 1.54) is 11.3 Å². The molecular weight excluding hydrogens is 324 g/mol. The van der Waals surface area contributed by atoms with Crippen LogP contribution in [0.1, 0.15) is 15.2 Å². The number of nitrogens with one attached hydrogen (secondary N) is 1. The smallest absolute Gasteiger partial charge is 0.264 e. The van der Waals surface area contributed by atoms with E-state index in [0.717, 1.165) is 61.4 Å². The molecule has 1 saturated heterocycles. The van der Waals surface area contributed by atoms with Crippen molar-refractivity contribution >= 4 is 23.1 Å². The van der Waals surface area contributed by atoms with Crippen LogP contribution in [-0.4, -0.2) is 55.1 Å². The van der Waals surface area contributed by atoms with Crippen LogP contribution in [0.2, 0.25) is 0 Å². The number of rotatable bonds is 2. The first-order chi connectivity index (χ1) is 11.8. The molecule has 2 aliphatic rings. The van der Waals surface area contributed by atoms with E-state index in [4.69, 9.17) is 4.74 Å². The molecule has 126 valence electrons. The van der Waals surface area contributed by atoms with Crippen molar-refractivity contribution in [3.05, 3.63) is 40.1 Å². The summed E-state index contributed by atoms with van der Waals surface area (Å²) in [4.78, 5) is 22.0. The number of ether oxygens (including phenoxy) is 1. The Balaban J connectivity index is 1.42. The Morgan fingerprint density at radius 1 is 1.21 bits per heavy atom. The van der Waals surface area contributed by atoms with Gasteiger partial charge in [0.1, 0.15) is 12.4 Å². The Morgan fingerprint density at radius 3 is 2.88 bits per heavy atom. The summed E-state index contributed by atoms with van der Waals surface area (Å²) in [6.45, 7) is 5.31. The van der Waals surface area contributed by atoms with E-state index in [-0.39, 0.29) is 5.91 Å². The Hall–Kier alpha value is -2.12. The van der Waals surface area contributed by atoms with Gasteiger partial charge in [0.2, 0.25) is 5.88 Å². The molecule has 1 fully saturated rings. The average molecular weight is 344 g/mol. The molecule has 2 aromatic rings. The number of carbonyl (C=O) groups excluding carboxylic acids is 1. The lowest BCUT2D eigenvalue weighted by Gasteiger charge is -2.35. The lowest BCUT2D eigenvalue weighted by atomic mass is 10.2. The quantitative estimate of drug-likeness (QED) is 0.897. The number of piperazine rings is 1. The molecule has 0 aliphatic carbocycles. The van der Waals surface area contributed by atoms with Gasteiger partial charge < -0.3 is 19.9 Å². The van der Waals surface area contributed by atoms with Crippen molar-refractivity contribution in [2.24, 2.45) is 0 Å². The molecule has 1 N–H and O–H groups in total. The molecule has 24 heavy (non-hydrogen) atoms. The lowest BCUT2D eigenvalue weighted by molar-refractivity contribution is 0.0751. The van der Waals surface area contributed by atoms with E-state index >= 15 is 0 Å². The first-order valence-electron chi connectivity index (χ1n) is 8.22. The normalized spacial score (nSPS) is 17.8. The molecular formula is C17H20N4O2S. The largest absolute Gasteiger partial charge is 0.476 e. The third-order valence-electron chi connectivity index (χ3n) is 4.38. The van der Waals surface area contributed by atoms with Crippen LogP contribution in [-0.2, 0) is 6.54 Å². The number of hydrogen-bond donors (Lipinski definition) is 1. The second-order valence-corrected chi connectivity index (χ2v) is 6.86. The standard InChI is InChI=1S/C17H20N4O2S/c22-17(14-2-1-11-24-14)21-8-6-20(7-9-21)15-4-3-13-12-18-5-10-23-16(13)19-15/h1-4,11,18H,5-10,12H2. The summed E-state index contributed by atoms with van der Waals surface area (Å²) < 4.78 is 5.72. The van der Waals surface area contributed by atoms with Gasteiger partial charge in [0, 0.05) is 44.8 Å². The summed E-state index contributed by atoms with van der Waals surface area (Å²) in [6, 6.07) is 7.94. The first-order valence-corrected chi connectivity index (χ1v) is 9.10. The van der Waals surface area contributed by atoms with E-state index in [0.29, 0.717) is 6.61 Å². The van der Waals surface area contributed by atoms with Crippen LogP contribution in [0.15, 0.2) is 29.6 Å². The van der Waals surface area contributed by atoms with Crippen molar-refractivity contribution < 1.29 is 9.53 Å². The first kappa shape index (κ1) is 15.4. The fourth-order valence-corrected chi connectivity index (χ4v) is 3.72. The highest BCUT2D eigenvalue weighted by molar-refractivity contribution is 7.12. The third kappa shape index (κ3) is 3.09. The molecule has 6 nitrogen and oxygen atoms in total. The maximum absolute atomic E-state index is 12.4. The summed E-state index contributed by atoms with van der Waals surface area (Å²) in [5, 5.41) is 5.25. The maximum Gasteiger partial charge on any atom is 0.264 e. The Morgan fingerprint density at radius 2 is 2.08 bits per heavy atom. The zero-order valence-corrected chi connectivity index (χ0v) is 14.2. The van der Waals surface area contributed by atoms with Crippen LogP contribution < -0.4 is 15.0 Å². The number of aromatic nitrogens is 1. The molecule has 0 bridgehead atoms. The number of hydrogen-bond acceptors (Lipinski definition) is 6. The maximum atomic E-state index is 12.4. The number of pyridine rings is 1. The zero-order chi connectivity index (χ0) is 16.4. The van der Waals surface area contributed by atoms with E-state index in [9.17, 15) is 4.79 Å². The predicted molar refractivity (Wildman–Crippen MR) is 93.9 cm³/mol. The van der Waals surface area contributed by atoms with Gasteiger partial charge in [-0.15, -0.1) is 11.3 Å². The van der Waals surface area contributed by atoms with Gasteiger partial charge in [0.25, 0.3) is 5.91 Å². The van der Waals surface area contributed by atoms with Gasteiger partial charge in [0.05, 0.1) is 4.88 Å². The predicted octanol–water partition coefficient (Wildman–Crippen LogP) is 1.59. The topological polar surface area (TPSA) is 57.7 Å². The monoisotopic (exact) mass is 344 g/mol. The van der Waals surface area contributed by atoms with Gasteiger partial charge in [-0.05, 0) is 23.6 Å². The van der Waals surface area contributed by atoms with Crippen LogP contribution in [0.5, 0.6) is 5.88 Å². The molecule has 7 heteroatoms. The summed E-state index contributed by atoms with van der Waals surface area (Å²) in [5.74, 6) is 1.79. The van der Waals surface area contributed by atoms with Crippen LogP contribution in [0.4, 0.5) is 5.82 Å². The SMILES string of the molecule is O=C(c1cccs1)N1CCN(c2ccc3c(n2)OCCNC3)CC1. The van der Waals surface area contributed by atoms with Gasteiger partial charge in [-0.2, -0.15) is 4.98 Å². The molecule has 2 aliphatic heterocycles. The Bertz CT molecular complexity index is 711. The molecule has 0 atom stereocenters. The molecule has 0 unspecified atom stereocenters. The highest BCUT2D eigenvalue weighted by Gasteiger charge is 2.24. The van der Waals surface area contributed by atoms with Gasteiger partial charge in [-0.1, -0.05) is 6.07 Å². The number of carbonyl (C=O) groups is 1. The number of anilines is 1. The number of thiophene rings is 1. The zero-order valence-electron chi connectivity index (χ0n) is 13.4. The molecule has 0 spiro atoms. The van der Waals surface area contributed by atoms with Crippen molar-refractivity contribution in [1.82, 2.24) is 15.2 Å².